The number of sulfonamides is 1. The molecule has 0 heterocycles. The molecule has 3 aromatic carbocycles. The lowest BCUT2D eigenvalue weighted by molar-refractivity contribution is -0.125. The zero-order valence-electron chi connectivity index (χ0n) is 18.7. The number of nitrogens with one attached hydrogen (secondary N) is 3. The van der Waals surface area contributed by atoms with Crippen LogP contribution in [-0.2, 0) is 26.0 Å². The largest absolute Gasteiger partial charge is 0.354 e. The average Bonchev–Trinajstić information content (AvgIpc) is 2.81. The molecule has 174 valence electrons. The second kappa shape index (κ2) is 11.1. The van der Waals surface area contributed by atoms with Crippen LogP contribution in [0.1, 0.15) is 19.4 Å². The first-order valence-electron chi connectivity index (χ1n) is 10.9. The number of carbonyl (C=O) groups is 2. The molecule has 0 saturated carbocycles. The minimum Gasteiger partial charge on any atom is -0.354 e. The summed E-state index contributed by atoms with van der Waals surface area (Å²) in [6.45, 7) is 4.02. The summed E-state index contributed by atoms with van der Waals surface area (Å²) in [6.07, 6.45) is 0.192. The molecule has 0 fully saturated rings. The molecule has 33 heavy (non-hydrogen) atoms. The lowest BCUT2D eigenvalue weighted by Crippen LogP contribution is -2.49. The molecule has 0 aliphatic rings. The molecule has 0 saturated heterocycles. The fourth-order valence-electron chi connectivity index (χ4n) is 3.33. The van der Waals surface area contributed by atoms with Crippen molar-refractivity contribution in [3.05, 3.63) is 78.4 Å². The van der Waals surface area contributed by atoms with E-state index in [1.165, 1.54) is 6.07 Å². The van der Waals surface area contributed by atoms with Gasteiger partial charge in [0.05, 0.1) is 4.90 Å². The van der Waals surface area contributed by atoms with Crippen LogP contribution < -0.4 is 15.4 Å². The summed E-state index contributed by atoms with van der Waals surface area (Å²) in [7, 11) is -3.95. The summed E-state index contributed by atoms with van der Waals surface area (Å²) < 4.78 is 28.8. The van der Waals surface area contributed by atoms with E-state index in [2.05, 4.69) is 15.4 Å². The predicted molar refractivity (Wildman–Crippen MR) is 129 cm³/mol. The molecule has 3 rings (SSSR count). The number of amides is 2. The Kier molecular flexibility index (Phi) is 8.19. The van der Waals surface area contributed by atoms with Crippen molar-refractivity contribution in [1.82, 2.24) is 15.4 Å². The van der Waals surface area contributed by atoms with Crippen LogP contribution in [0.25, 0.3) is 10.8 Å². The van der Waals surface area contributed by atoms with Crippen molar-refractivity contribution in [3.8, 4) is 0 Å². The lowest BCUT2D eigenvalue weighted by Gasteiger charge is -2.19. The van der Waals surface area contributed by atoms with Gasteiger partial charge in [-0.2, -0.15) is 4.72 Å². The summed E-state index contributed by atoms with van der Waals surface area (Å²) in [4.78, 5) is 24.7. The molecule has 3 aromatic rings. The number of carbonyl (C=O) groups excluding carboxylic acids is 2. The van der Waals surface area contributed by atoms with Crippen LogP contribution >= 0.6 is 0 Å². The number of hydrogen-bond acceptors (Lipinski definition) is 4. The maximum absolute atomic E-state index is 13.1. The van der Waals surface area contributed by atoms with E-state index in [9.17, 15) is 18.0 Å². The van der Waals surface area contributed by atoms with Crippen LogP contribution in [0.4, 0.5) is 0 Å². The first kappa shape index (κ1) is 24.4. The Bertz CT molecular complexity index is 1210. The van der Waals surface area contributed by atoms with Gasteiger partial charge in [-0.1, -0.05) is 74.5 Å². The fraction of sp³-hybridized carbons (Fsp3) is 0.280. The molecule has 7 nitrogen and oxygen atoms in total. The smallest absolute Gasteiger partial charge is 0.241 e. The quantitative estimate of drug-likeness (QED) is 0.399. The summed E-state index contributed by atoms with van der Waals surface area (Å²) in [6, 6.07) is 20.5. The SMILES string of the molecule is CC(C)C(=O)NCCNC(=O)C(Cc1ccccc1)NS(=O)(=O)c1ccc2ccccc2c1. The zero-order valence-corrected chi connectivity index (χ0v) is 19.6. The van der Waals surface area contributed by atoms with Crippen LogP contribution in [0, 0.1) is 5.92 Å². The second-order valence-corrected chi connectivity index (χ2v) is 9.82. The third kappa shape index (κ3) is 6.87. The topological polar surface area (TPSA) is 104 Å². The highest BCUT2D eigenvalue weighted by Crippen LogP contribution is 2.19. The highest BCUT2D eigenvalue weighted by atomic mass is 32.2. The van der Waals surface area contributed by atoms with Crippen molar-refractivity contribution >= 4 is 32.6 Å². The van der Waals surface area contributed by atoms with E-state index in [1.807, 2.05) is 54.6 Å². The van der Waals surface area contributed by atoms with Crippen LogP contribution in [0.3, 0.4) is 0 Å². The first-order chi connectivity index (χ1) is 15.8. The molecule has 2 amide bonds. The van der Waals surface area contributed by atoms with E-state index in [0.717, 1.165) is 16.3 Å². The molecule has 0 aliphatic carbocycles. The lowest BCUT2D eigenvalue weighted by atomic mass is 10.1. The van der Waals surface area contributed by atoms with Crippen molar-refractivity contribution < 1.29 is 18.0 Å². The van der Waals surface area contributed by atoms with Gasteiger partial charge in [0.1, 0.15) is 6.04 Å². The van der Waals surface area contributed by atoms with E-state index >= 15 is 0 Å². The molecule has 8 heteroatoms. The average molecular weight is 468 g/mol. The van der Waals surface area contributed by atoms with Gasteiger partial charge in [-0.25, -0.2) is 8.42 Å². The number of hydrogen-bond donors (Lipinski definition) is 3. The van der Waals surface area contributed by atoms with Crippen LogP contribution in [-0.4, -0.2) is 39.4 Å². The summed E-state index contributed by atoms with van der Waals surface area (Å²) in [5.41, 5.74) is 0.826. The van der Waals surface area contributed by atoms with E-state index in [1.54, 1.807) is 26.0 Å². The number of benzene rings is 3. The zero-order chi connectivity index (χ0) is 23.8. The minimum atomic E-state index is -3.95. The van der Waals surface area contributed by atoms with Gasteiger partial charge >= 0.3 is 0 Å². The molecule has 0 radical (unpaired) electrons. The van der Waals surface area contributed by atoms with Crippen LogP contribution in [0.15, 0.2) is 77.7 Å². The van der Waals surface area contributed by atoms with E-state index < -0.39 is 22.0 Å². The van der Waals surface area contributed by atoms with Gasteiger partial charge in [0.15, 0.2) is 0 Å². The molecule has 0 aromatic heterocycles. The third-order valence-electron chi connectivity index (χ3n) is 5.18. The van der Waals surface area contributed by atoms with Crippen molar-refractivity contribution in [2.24, 2.45) is 5.92 Å². The van der Waals surface area contributed by atoms with Crippen LogP contribution in [0.2, 0.25) is 0 Å². The summed E-state index contributed by atoms with van der Waals surface area (Å²) >= 11 is 0. The predicted octanol–water partition coefficient (Wildman–Crippen LogP) is 2.62. The minimum absolute atomic E-state index is 0.0938. The molecule has 1 unspecified atom stereocenters. The Morgan fingerprint density at radius 1 is 0.788 bits per heavy atom. The van der Waals surface area contributed by atoms with Gasteiger partial charge in [0.25, 0.3) is 0 Å². The van der Waals surface area contributed by atoms with Crippen molar-refractivity contribution in [2.75, 3.05) is 13.1 Å². The normalized spacial score (nSPS) is 12.5. The van der Waals surface area contributed by atoms with Crippen molar-refractivity contribution in [1.29, 1.82) is 0 Å². The molecule has 0 aliphatic heterocycles. The molecule has 0 spiro atoms. The van der Waals surface area contributed by atoms with Gasteiger partial charge < -0.3 is 10.6 Å². The first-order valence-corrected chi connectivity index (χ1v) is 12.3. The van der Waals surface area contributed by atoms with E-state index in [4.69, 9.17) is 0 Å². The highest BCUT2D eigenvalue weighted by Gasteiger charge is 2.26. The monoisotopic (exact) mass is 467 g/mol. The standard InChI is InChI=1S/C25H29N3O4S/c1-18(2)24(29)26-14-15-27-25(30)23(16-19-8-4-3-5-9-19)28-33(31,32)22-13-12-20-10-6-7-11-21(20)17-22/h3-13,17-18,23,28H,14-16H2,1-2H3,(H,26,29)(H,27,30). The Hall–Kier alpha value is -3.23. The molecule has 3 N–H and O–H groups in total. The van der Waals surface area contributed by atoms with Gasteiger partial charge in [-0.05, 0) is 34.9 Å². The van der Waals surface area contributed by atoms with E-state index in [-0.39, 0.29) is 36.2 Å². The highest BCUT2D eigenvalue weighted by molar-refractivity contribution is 7.89. The van der Waals surface area contributed by atoms with Gasteiger partial charge in [0.2, 0.25) is 21.8 Å². The molecule has 0 bridgehead atoms. The number of rotatable bonds is 10. The molecular formula is C25H29N3O4S. The van der Waals surface area contributed by atoms with Crippen LogP contribution in [0.5, 0.6) is 0 Å². The molecular weight excluding hydrogens is 438 g/mol. The van der Waals surface area contributed by atoms with Crippen molar-refractivity contribution in [2.45, 2.75) is 31.2 Å². The van der Waals surface area contributed by atoms with Crippen molar-refractivity contribution in [3.63, 3.8) is 0 Å². The maximum atomic E-state index is 13.1. The third-order valence-corrected chi connectivity index (χ3v) is 6.64. The number of fused-ring (bicyclic) bond motifs is 1. The maximum Gasteiger partial charge on any atom is 0.241 e. The Morgan fingerprint density at radius 3 is 2.06 bits per heavy atom. The Labute approximate surface area is 194 Å². The van der Waals surface area contributed by atoms with Gasteiger partial charge in [0, 0.05) is 19.0 Å². The fourth-order valence-corrected chi connectivity index (χ4v) is 4.56. The van der Waals surface area contributed by atoms with Gasteiger partial charge in [-0.3, -0.25) is 9.59 Å². The summed E-state index contributed by atoms with van der Waals surface area (Å²) in [5.74, 6) is -0.718. The second-order valence-electron chi connectivity index (χ2n) is 8.11. The molecule has 1 atom stereocenters. The van der Waals surface area contributed by atoms with Gasteiger partial charge in [-0.15, -0.1) is 0 Å². The van der Waals surface area contributed by atoms with E-state index in [0.29, 0.717) is 0 Å². The summed E-state index contributed by atoms with van der Waals surface area (Å²) in [5, 5.41) is 7.17. The Balaban J connectivity index is 1.75. The Morgan fingerprint density at radius 2 is 1.39 bits per heavy atom.